The Bertz CT molecular complexity index is 399. The first kappa shape index (κ1) is 11.8. The molecule has 0 saturated heterocycles. The van der Waals surface area contributed by atoms with Crippen molar-refractivity contribution in [2.24, 2.45) is 0 Å². The molecule has 0 amide bonds. The molecule has 0 fully saturated rings. The van der Waals surface area contributed by atoms with Gasteiger partial charge in [0.05, 0.1) is 5.69 Å². The average molecular weight is 208 g/mol. The van der Waals surface area contributed by atoms with Crippen molar-refractivity contribution < 1.29 is 0 Å². The predicted octanol–water partition coefficient (Wildman–Crippen LogP) is 2.14. The number of hydrogen-bond acceptors (Lipinski definition) is 2. The van der Waals surface area contributed by atoms with Crippen LogP contribution in [0.4, 0.5) is 5.69 Å². The van der Waals surface area contributed by atoms with E-state index in [-0.39, 0.29) is 11.0 Å². The topological polar surface area (TPSA) is 48.0 Å². The first-order chi connectivity index (χ1) is 6.88. The Balaban J connectivity index is 3.40. The van der Waals surface area contributed by atoms with Crippen LogP contribution in [0.2, 0.25) is 0 Å². The van der Waals surface area contributed by atoms with Crippen LogP contribution in [0.25, 0.3) is 0 Å². The number of nitrogen functional groups attached to an aromatic ring is 1. The van der Waals surface area contributed by atoms with Crippen LogP contribution in [-0.4, -0.2) is 4.57 Å². The van der Waals surface area contributed by atoms with Crippen molar-refractivity contribution in [1.29, 1.82) is 0 Å². The van der Waals surface area contributed by atoms with E-state index in [1.807, 2.05) is 6.07 Å². The van der Waals surface area contributed by atoms with Gasteiger partial charge in [-0.05, 0) is 18.6 Å². The molecule has 0 aliphatic heterocycles. The third-order valence-corrected chi connectivity index (χ3v) is 2.42. The molecular weight excluding hydrogens is 188 g/mol. The van der Waals surface area contributed by atoms with Gasteiger partial charge in [0.1, 0.15) is 0 Å². The van der Waals surface area contributed by atoms with Gasteiger partial charge < -0.3 is 10.3 Å². The number of hydrogen-bond donors (Lipinski definition) is 1. The smallest absolute Gasteiger partial charge is 0.273 e. The van der Waals surface area contributed by atoms with Crippen LogP contribution in [-0.2, 0) is 12.0 Å². The molecule has 0 bridgehead atoms. The Kier molecular flexibility index (Phi) is 3.22. The Morgan fingerprint density at radius 1 is 1.33 bits per heavy atom. The molecule has 1 aromatic rings. The van der Waals surface area contributed by atoms with Gasteiger partial charge in [0.15, 0.2) is 0 Å². The summed E-state index contributed by atoms with van der Waals surface area (Å²) in [6.07, 6.45) is 0.937. The first-order valence-electron chi connectivity index (χ1n) is 5.37. The van der Waals surface area contributed by atoms with Gasteiger partial charge in [0.25, 0.3) is 5.56 Å². The van der Waals surface area contributed by atoms with E-state index in [0.29, 0.717) is 5.69 Å². The molecule has 0 atom stereocenters. The SMILES string of the molecule is CCCn1c(C(C)(C)C)ccc(N)c1=O. The molecule has 0 aromatic carbocycles. The highest BCUT2D eigenvalue weighted by molar-refractivity contribution is 5.37. The van der Waals surface area contributed by atoms with Crippen molar-refractivity contribution in [3.8, 4) is 0 Å². The highest BCUT2D eigenvalue weighted by atomic mass is 16.1. The standard InChI is InChI=1S/C12H20N2O/c1-5-8-14-10(12(2,3)4)7-6-9(13)11(14)15/h6-7H,5,8,13H2,1-4H3. The summed E-state index contributed by atoms with van der Waals surface area (Å²) in [5.74, 6) is 0. The van der Waals surface area contributed by atoms with Crippen molar-refractivity contribution in [3.63, 3.8) is 0 Å². The third kappa shape index (κ3) is 2.41. The van der Waals surface area contributed by atoms with Gasteiger partial charge in [-0.2, -0.15) is 0 Å². The number of anilines is 1. The monoisotopic (exact) mass is 208 g/mol. The number of aromatic nitrogens is 1. The van der Waals surface area contributed by atoms with Crippen molar-refractivity contribution in [1.82, 2.24) is 4.57 Å². The van der Waals surface area contributed by atoms with Gasteiger partial charge >= 0.3 is 0 Å². The van der Waals surface area contributed by atoms with Gasteiger partial charge in [0, 0.05) is 17.7 Å². The molecule has 1 aromatic heterocycles. The Labute approximate surface area is 90.9 Å². The van der Waals surface area contributed by atoms with Crippen LogP contribution < -0.4 is 11.3 Å². The maximum absolute atomic E-state index is 11.9. The van der Waals surface area contributed by atoms with E-state index in [4.69, 9.17) is 5.73 Å². The van der Waals surface area contributed by atoms with Crippen LogP contribution in [0.5, 0.6) is 0 Å². The van der Waals surface area contributed by atoms with E-state index in [1.54, 1.807) is 10.6 Å². The normalized spacial score (nSPS) is 11.7. The summed E-state index contributed by atoms with van der Waals surface area (Å²) in [5, 5.41) is 0. The summed E-state index contributed by atoms with van der Waals surface area (Å²) in [7, 11) is 0. The fourth-order valence-electron chi connectivity index (χ4n) is 1.70. The lowest BCUT2D eigenvalue weighted by Gasteiger charge is -2.24. The molecule has 2 N–H and O–H groups in total. The minimum atomic E-state index is -0.0655. The fraction of sp³-hybridized carbons (Fsp3) is 0.583. The Morgan fingerprint density at radius 2 is 1.93 bits per heavy atom. The maximum Gasteiger partial charge on any atom is 0.273 e. The summed E-state index contributed by atoms with van der Waals surface area (Å²) >= 11 is 0. The molecule has 0 aliphatic carbocycles. The zero-order valence-electron chi connectivity index (χ0n) is 10.0. The molecule has 15 heavy (non-hydrogen) atoms. The van der Waals surface area contributed by atoms with Gasteiger partial charge in [-0.1, -0.05) is 27.7 Å². The van der Waals surface area contributed by atoms with Gasteiger partial charge in [0.2, 0.25) is 0 Å². The molecule has 3 nitrogen and oxygen atoms in total. The Hall–Kier alpha value is -1.25. The van der Waals surface area contributed by atoms with Crippen molar-refractivity contribution in [3.05, 3.63) is 28.2 Å². The van der Waals surface area contributed by atoms with Crippen molar-refractivity contribution in [2.45, 2.75) is 46.1 Å². The van der Waals surface area contributed by atoms with E-state index in [9.17, 15) is 4.79 Å². The highest BCUT2D eigenvalue weighted by Crippen LogP contribution is 2.21. The fourth-order valence-corrected chi connectivity index (χ4v) is 1.70. The second-order valence-corrected chi connectivity index (χ2v) is 4.88. The predicted molar refractivity (Wildman–Crippen MR) is 64.1 cm³/mol. The molecule has 0 unspecified atom stereocenters. The van der Waals surface area contributed by atoms with Crippen LogP contribution >= 0.6 is 0 Å². The summed E-state index contributed by atoms with van der Waals surface area (Å²) in [4.78, 5) is 11.9. The lowest BCUT2D eigenvalue weighted by atomic mass is 9.91. The van der Waals surface area contributed by atoms with E-state index < -0.39 is 0 Å². The lowest BCUT2D eigenvalue weighted by molar-refractivity contribution is 0.498. The maximum atomic E-state index is 11.9. The van der Waals surface area contributed by atoms with E-state index >= 15 is 0 Å². The molecule has 1 heterocycles. The van der Waals surface area contributed by atoms with E-state index in [1.165, 1.54) is 0 Å². The number of nitrogens with two attached hydrogens (primary N) is 1. The number of pyridine rings is 1. The second kappa shape index (κ2) is 4.09. The molecule has 0 aliphatic rings. The van der Waals surface area contributed by atoms with E-state index in [2.05, 4.69) is 27.7 Å². The molecular formula is C12H20N2O. The molecule has 84 valence electrons. The molecule has 0 saturated carbocycles. The van der Waals surface area contributed by atoms with Crippen LogP contribution in [0.15, 0.2) is 16.9 Å². The highest BCUT2D eigenvalue weighted by Gasteiger charge is 2.18. The lowest BCUT2D eigenvalue weighted by Crippen LogP contribution is -2.30. The van der Waals surface area contributed by atoms with Gasteiger partial charge in [-0.3, -0.25) is 4.79 Å². The molecule has 0 radical (unpaired) electrons. The summed E-state index contributed by atoms with van der Waals surface area (Å²) in [5.41, 5.74) is 6.91. The molecule has 1 rings (SSSR count). The van der Waals surface area contributed by atoms with Crippen molar-refractivity contribution >= 4 is 5.69 Å². The zero-order chi connectivity index (χ0) is 11.6. The molecule has 3 heteroatoms. The summed E-state index contributed by atoms with van der Waals surface area (Å²) < 4.78 is 1.79. The quantitative estimate of drug-likeness (QED) is 0.809. The van der Waals surface area contributed by atoms with Crippen molar-refractivity contribution in [2.75, 3.05) is 5.73 Å². The third-order valence-electron chi connectivity index (χ3n) is 2.42. The summed E-state index contributed by atoms with van der Waals surface area (Å²) in [6, 6.07) is 3.65. The minimum Gasteiger partial charge on any atom is -0.394 e. The Morgan fingerprint density at radius 3 is 2.40 bits per heavy atom. The van der Waals surface area contributed by atoms with Crippen LogP contribution in [0.3, 0.4) is 0 Å². The van der Waals surface area contributed by atoms with Crippen LogP contribution in [0, 0.1) is 0 Å². The summed E-state index contributed by atoms with van der Waals surface area (Å²) in [6.45, 7) is 9.09. The zero-order valence-corrected chi connectivity index (χ0v) is 10.0. The number of nitrogens with zero attached hydrogens (tertiary/aromatic N) is 1. The van der Waals surface area contributed by atoms with Gasteiger partial charge in [-0.15, -0.1) is 0 Å². The van der Waals surface area contributed by atoms with E-state index in [0.717, 1.165) is 18.7 Å². The largest absolute Gasteiger partial charge is 0.394 e. The second-order valence-electron chi connectivity index (χ2n) is 4.88. The first-order valence-corrected chi connectivity index (χ1v) is 5.37. The van der Waals surface area contributed by atoms with Gasteiger partial charge in [-0.25, -0.2) is 0 Å². The minimum absolute atomic E-state index is 0.0258. The number of rotatable bonds is 2. The molecule has 0 spiro atoms. The van der Waals surface area contributed by atoms with Crippen LogP contribution in [0.1, 0.15) is 39.8 Å². The average Bonchev–Trinajstić information content (AvgIpc) is 2.11.